The van der Waals surface area contributed by atoms with Crippen LogP contribution >= 0.6 is 7.80 Å². The largest absolute Gasteiger partial charge is 0.163 e. The quantitative estimate of drug-likeness (QED) is 0.293. The average molecular weight is 71.9 g/mol. The molecule has 0 amide bonds. The van der Waals surface area contributed by atoms with E-state index in [-0.39, 0.29) is 7.80 Å². The van der Waals surface area contributed by atoms with Gasteiger partial charge in [-0.1, -0.05) is 13.3 Å². The van der Waals surface area contributed by atoms with E-state index in [1.165, 1.54) is 0 Å². The van der Waals surface area contributed by atoms with Gasteiger partial charge in [0.2, 0.25) is 0 Å². The number of hydrogen-bond acceptors (Lipinski definition) is 0. The van der Waals surface area contributed by atoms with Crippen LogP contribution in [0.2, 0.25) is 0 Å². The predicted octanol–water partition coefficient (Wildman–Crippen LogP) is 0.811. The molecule has 0 aliphatic carbocycles. The van der Waals surface area contributed by atoms with Crippen LogP contribution < -0.4 is 0 Å². The maximum absolute atomic E-state index is 5.18. The van der Waals surface area contributed by atoms with E-state index in [2.05, 4.69) is 0 Å². The van der Waals surface area contributed by atoms with E-state index in [0.717, 1.165) is 0 Å². The summed E-state index contributed by atoms with van der Waals surface area (Å²) >= 11 is 0. The van der Waals surface area contributed by atoms with Crippen molar-refractivity contribution in [1.82, 2.24) is 0 Å². The summed E-state index contributed by atoms with van der Waals surface area (Å²) in [5.41, 5.74) is 0. The third-order valence-electron chi connectivity index (χ3n) is 0. The topological polar surface area (TPSA) is 0 Å². The monoisotopic (exact) mass is 72.0 g/mol. The van der Waals surface area contributed by atoms with E-state index in [0.29, 0.717) is 0 Å². The van der Waals surface area contributed by atoms with Crippen LogP contribution in [-0.2, 0) is 0 Å². The van der Waals surface area contributed by atoms with Crippen LogP contribution in [0.15, 0.2) is 0 Å². The van der Waals surface area contributed by atoms with Crippen LogP contribution in [-0.4, -0.2) is 20.9 Å². The van der Waals surface area contributed by atoms with Gasteiger partial charge in [0.1, 0.15) is 7.57 Å². The Kier molecular flexibility index (Phi) is 2.00. The second kappa shape index (κ2) is 1.78. The highest BCUT2D eigenvalue weighted by Gasteiger charge is 1.66. The van der Waals surface area contributed by atoms with Crippen LogP contribution in [0.1, 0.15) is 0 Å². The zero-order valence-corrected chi connectivity index (χ0v) is 3.92. The minimum Gasteiger partial charge on any atom is -0.163 e. The summed E-state index contributed by atoms with van der Waals surface area (Å²) < 4.78 is 0. The number of hydrogen-bond donors (Lipinski definition) is 0. The Bertz CT molecular complexity index is 10.8. The molecule has 0 heterocycles. The Labute approximate surface area is 29.7 Å². The molecule has 0 bridgehead atoms. The molecule has 0 aromatic heterocycles. The fourth-order valence-electron chi connectivity index (χ4n) is 0. The van der Waals surface area contributed by atoms with Crippen LogP contribution in [0.5, 0.6) is 0 Å². The van der Waals surface area contributed by atoms with E-state index < -0.39 is 0 Å². The lowest BCUT2D eigenvalue weighted by atomic mass is 10.8. The smallest absolute Gasteiger partial charge is 0.108 e. The van der Waals surface area contributed by atoms with E-state index in [9.17, 15) is 0 Å². The summed E-state index contributed by atoms with van der Waals surface area (Å²) in [5, 5.41) is 0. The molecule has 0 rings (SSSR count). The maximum atomic E-state index is 5.18. The first-order valence-electron chi connectivity index (χ1n) is 1.15. The zero-order chi connectivity index (χ0) is 3.58. The van der Waals surface area contributed by atoms with Crippen LogP contribution in [0.3, 0.4) is 0 Å². The van der Waals surface area contributed by atoms with E-state index in [1.807, 2.05) is 13.3 Å². The molecule has 0 fully saturated rings. The molecule has 2 radical (unpaired) electrons. The van der Waals surface area contributed by atoms with Crippen molar-refractivity contribution in [2.75, 3.05) is 13.3 Å². The van der Waals surface area contributed by atoms with Gasteiger partial charge >= 0.3 is 0 Å². The van der Waals surface area contributed by atoms with Crippen molar-refractivity contribution < 1.29 is 0 Å². The molecule has 0 aromatic rings. The van der Waals surface area contributed by atoms with Crippen LogP contribution in [0, 0.1) is 0 Å². The third-order valence-corrected chi connectivity index (χ3v) is 0. The lowest BCUT2D eigenvalue weighted by molar-refractivity contribution is 2.29. The van der Waals surface area contributed by atoms with E-state index >= 15 is 0 Å². The zero-order valence-electron chi connectivity index (χ0n) is 3.02. The van der Waals surface area contributed by atoms with Crippen LogP contribution in [0.25, 0.3) is 0 Å². The van der Waals surface area contributed by atoms with Gasteiger partial charge < -0.3 is 0 Å². The molecule has 4 heavy (non-hydrogen) atoms. The molecule has 0 aliphatic heterocycles. The van der Waals surface area contributed by atoms with Gasteiger partial charge in [-0.15, -0.1) is 0 Å². The highest BCUT2D eigenvalue weighted by molar-refractivity contribution is 7.80. The fourth-order valence-corrected chi connectivity index (χ4v) is 0. The number of rotatable bonds is 0. The molecule has 0 saturated carbocycles. The molecule has 0 N–H and O–H groups in total. The molecule has 0 nitrogen and oxygen atoms in total. The summed E-state index contributed by atoms with van der Waals surface area (Å²) in [5.74, 6) is 0. The van der Waals surface area contributed by atoms with Gasteiger partial charge in [-0.2, -0.15) is 7.80 Å². The second-order valence-electron chi connectivity index (χ2n) is 0.964. The molecule has 22 valence electrons. The van der Waals surface area contributed by atoms with Gasteiger partial charge in [0.25, 0.3) is 0 Å². The normalized spacial score (nSPS) is 8.75. The van der Waals surface area contributed by atoms with Crippen molar-refractivity contribution in [2.24, 2.45) is 0 Å². The molecule has 0 atom stereocenters. The van der Waals surface area contributed by atoms with Crippen molar-refractivity contribution in [3.05, 3.63) is 0 Å². The van der Waals surface area contributed by atoms with Gasteiger partial charge in [-0.05, 0) is 0 Å². The maximum Gasteiger partial charge on any atom is 0.108 e. The first kappa shape index (κ1) is 4.49. The first-order chi connectivity index (χ1) is 1.73. The van der Waals surface area contributed by atoms with Gasteiger partial charge in [0, 0.05) is 0 Å². The Hall–Kier alpha value is 0.495. The summed E-state index contributed by atoms with van der Waals surface area (Å²) in [4.78, 5) is 0. The minimum absolute atomic E-state index is 0.120. The molecule has 0 saturated heterocycles. The van der Waals surface area contributed by atoms with E-state index in [1.54, 1.807) is 0 Å². The Morgan fingerprint density at radius 3 is 1.50 bits per heavy atom. The average Bonchev–Trinajstić information content (AvgIpc) is 0.811. The Morgan fingerprint density at radius 2 is 1.50 bits per heavy atom. The predicted molar refractivity (Wildman–Crippen MR) is 24.5 cm³/mol. The molecular formula is C2H6BP. The lowest BCUT2D eigenvalue weighted by Gasteiger charge is -1.82. The third kappa shape index (κ3) is 22.8. The minimum atomic E-state index is -0.120. The molecule has 0 aliphatic rings. The Balaban J connectivity index is 2.32. The highest BCUT2D eigenvalue weighted by Crippen LogP contribution is 2.12. The van der Waals surface area contributed by atoms with Gasteiger partial charge in [0.15, 0.2) is 0 Å². The van der Waals surface area contributed by atoms with Gasteiger partial charge in [-0.25, -0.2) is 0 Å². The standard InChI is InChI=1S/C2H6BP/c1-4(2)3/h1-2H3. The van der Waals surface area contributed by atoms with Gasteiger partial charge in [-0.3, -0.25) is 0 Å². The first-order valence-corrected chi connectivity index (χ1v) is 3.46. The summed E-state index contributed by atoms with van der Waals surface area (Å²) in [6, 6.07) is 0. The second-order valence-corrected chi connectivity index (χ2v) is 2.89. The van der Waals surface area contributed by atoms with Crippen molar-refractivity contribution in [2.45, 2.75) is 0 Å². The van der Waals surface area contributed by atoms with Crippen molar-refractivity contribution in [1.29, 1.82) is 0 Å². The molecular weight excluding hydrogens is 65.8 g/mol. The molecule has 0 spiro atoms. The molecule has 0 aromatic carbocycles. The molecule has 2 heteroatoms. The van der Waals surface area contributed by atoms with Crippen molar-refractivity contribution in [3.63, 3.8) is 0 Å². The summed E-state index contributed by atoms with van der Waals surface area (Å²) in [6.07, 6.45) is 0. The van der Waals surface area contributed by atoms with Crippen molar-refractivity contribution in [3.8, 4) is 0 Å². The molecule has 0 unspecified atom stereocenters. The van der Waals surface area contributed by atoms with E-state index in [4.69, 9.17) is 7.57 Å². The summed E-state index contributed by atoms with van der Waals surface area (Å²) in [6.45, 7) is 4.02. The highest BCUT2D eigenvalue weighted by atomic mass is 31.1. The SMILES string of the molecule is [B]P(C)C. The van der Waals surface area contributed by atoms with Crippen molar-refractivity contribution >= 4 is 15.4 Å². The van der Waals surface area contributed by atoms with Crippen LogP contribution in [0.4, 0.5) is 0 Å². The van der Waals surface area contributed by atoms with Gasteiger partial charge in [0.05, 0.1) is 0 Å². The summed E-state index contributed by atoms with van der Waals surface area (Å²) in [7, 11) is 5.06. The lowest BCUT2D eigenvalue weighted by Crippen LogP contribution is -1.52. The fraction of sp³-hybridized carbons (Fsp3) is 1.00. The Morgan fingerprint density at radius 1 is 1.50 bits per heavy atom.